The fourth-order valence-electron chi connectivity index (χ4n) is 2.93. The molecule has 0 N–H and O–H groups in total. The predicted molar refractivity (Wildman–Crippen MR) is 117 cm³/mol. The monoisotopic (exact) mass is 465 g/mol. The third-order valence-electron chi connectivity index (χ3n) is 4.62. The lowest BCUT2D eigenvalue weighted by Gasteiger charge is -2.10. The van der Waals surface area contributed by atoms with Gasteiger partial charge in [0.2, 0.25) is 5.82 Å². The molecule has 2 heterocycles. The van der Waals surface area contributed by atoms with Gasteiger partial charge >= 0.3 is 16.1 Å². The minimum atomic E-state index is -4.01. The number of carbonyl (C=O) groups excluding carboxylic acids is 1. The van der Waals surface area contributed by atoms with Crippen molar-refractivity contribution in [3.05, 3.63) is 89.6 Å². The summed E-state index contributed by atoms with van der Waals surface area (Å²) in [5, 5.41) is 3.83. The zero-order chi connectivity index (χ0) is 23.4. The second-order valence-corrected chi connectivity index (χ2v) is 8.68. The van der Waals surface area contributed by atoms with E-state index in [1.54, 1.807) is 50.5 Å². The first-order valence-corrected chi connectivity index (χ1v) is 11.2. The standard InChI is InChI=1S/C23H19N3O6S/c1-15-5-6-16(2)20(12-15)33(28,29)32-19-9-7-17(8-10-19)23(27)30-14-21-25-22(26-31-21)18-4-3-11-24-13-18/h3-13H,14H2,1-2H3. The molecule has 168 valence electrons. The molecule has 9 nitrogen and oxygen atoms in total. The van der Waals surface area contributed by atoms with E-state index in [1.807, 2.05) is 6.07 Å². The first-order chi connectivity index (χ1) is 15.8. The molecule has 0 amide bonds. The number of hydrogen-bond donors (Lipinski definition) is 0. The van der Waals surface area contributed by atoms with Crippen molar-refractivity contribution in [2.75, 3.05) is 0 Å². The third-order valence-corrected chi connectivity index (χ3v) is 6.01. The Hall–Kier alpha value is -4.05. The molecule has 10 heteroatoms. The largest absolute Gasteiger partial charge is 0.452 e. The van der Waals surface area contributed by atoms with E-state index in [-0.39, 0.29) is 28.7 Å². The van der Waals surface area contributed by atoms with Gasteiger partial charge in [-0.1, -0.05) is 17.3 Å². The molecule has 0 aliphatic rings. The molecule has 0 bridgehead atoms. The van der Waals surface area contributed by atoms with Crippen molar-refractivity contribution in [1.82, 2.24) is 15.1 Å². The van der Waals surface area contributed by atoms with E-state index in [4.69, 9.17) is 13.4 Å². The lowest BCUT2D eigenvalue weighted by molar-refractivity contribution is 0.0430. The van der Waals surface area contributed by atoms with Crippen molar-refractivity contribution in [2.24, 2.45) is 0 Å². The first kappa shape index (κ1) is 22.2. The Morgan fingerprint density at radius 1 is 1.06 bits per heavy atom. The molecule has 0 unspecified atom stereocenters. The van der Waals surface area contributed by atoms with Gasteiger partial charge in [0.15, 0.2) is 6.61 Å². The molecule has 4 aromatic rings. The summed E-state index contributed by atoms with van der Waals surface area (Å²) in [6, 6.07) is 14.2. The summed E-state index contributed by atoms with van der Waals surface area (Å²) in [6.07, 6.45) is 3.21. The maximum atomic E-state index is 12.6. The fourth-order valence-corrected chi connectivity index (χ4v) is 4.18. The van der Waals surface area contributed by atoms with Crippen LogP contribution in [0, 0.1) is 13.8 Å². The van der Waals surface area contributed by atoms with Crippen molar-refractivity contribution in [3.8, 4) is 17.1 Å². The predicted octanol–water partition coefficient (Wildman–Crippen LogP) is 3.87. The number of aryl methyl sites for hydroxylation is 2. The number of rotatable bonds is 7. The van der Waals surface area contributed by atoms with Crippen molar-refractivity contribution >= 4 is 16.1 Å². The van der Waals surface area contributed by atoms with E-state index in [9.17, 15) is 13.2 Å². The molecular formula is C23H19N3O6S. The molecule has 4 rings (SSSR count). The normalized spacial score (nSPS) is 11.2. The number of benzene rings is 2. The average Bonchev–Trinajstić information content (AvgIpc) is 3.29. The van der Waals surface area contributed by atoms with Crippen LogP contribution in [0.4, 0.5) is 0 Å². The number of aromatic nitrogens is 3. The van der Waals surface area contributed by atoms with E-state index in [0.29, 0.717) is 17.0 Å². The van der Waals surface area contributed by atoms with Crippen molar-refractivity contribution in [3.63, 3.8) is 0 Å². The smallest absolute Gasteiger partial charge is 0.339 e. The van der Waals surface area contributed by atoms with Gasteiger partial charge in [0, 0.05) is 18.0 Å². The number of nitrogens with zero attached hydrogens (tertiary/aromatic N) is 3. The second kappa shape index (κ2) is 9.21. The summed E-state index contributed by atoms with van der Waals surface area (Å²) in [7, 11) is -4.01. The summed E-state index contributed by atoms with van der Waals surface area (Å²) >= 11 is 0. The highest BCUT2D eigenvalue weighted by Crippen LogP contribution is 2.23. The van der Waals surface area contributed by atoms with E-state index < -0.39 is 16.1 Å². The maximum absolute atomic E-state index is 12.6. The van der Waals surface area contributed by atoms with Crippen LogP contribution >= 0.6 is 0 Å². The summed E-state index contributed by atoms with van der Waals surface area (Å²) in [5.74, 6) is -0.104. The van der Waals surface area contributed by atoms with Gasteiger partial charge in [0.25, 0.3) is 5.89 Å². The molecule has 0 spiro atoms. The van der Waals surface area contributed by atoms with Crippen LogP contribution in [-0.4, -0.2) is 29.5 Å². The number of esters is 1. The molecule has 2 aromatic heterocycles. The zero-order valence-electron chi connectivity index (χ0n) is 17.8. The number of carbonyl (C=O) groups is 1. The molecule has 0 saturated heterocycles. The Labute approximate surface area is 190 Å². The summed E-state index contributed by atoms with van der Waals surface area (Å²) in [4.78, 5) is 20.6. The third kappa shape index (κ3) is 5.24. The molecule has 2 aromatic carbocycles. The highest BCUT2D eigenvalue weighted by molar-refractivity contribution is 7.87. The molecule has 0 atom stereocenters. The summed E-state index contributed by atoms with van der Waals surface area (Å²) < 4.78 is 40.7. The van der Waals surface area contributed by atoms with Crippen molar-refractivity contribution < 1.29 is 26.7 Å². The van der Waals surface area contributed by atoms with Gasteiger partial charge < -0.3 is 13.4 Å². The van der Waals surface area contributed by atoms with Gasteiger partial charge in [-0.25, -0.2) is 4.79 Å². The molecule has 0 fully saturated rings. The van der Waals surface area contributed by atoms with E-state index in [1.165, 1.54) is 24.3 Å². The summed E-state index contributed by atoms with van der Waals surface area (Å²) in [6.45, 7) is 3.27. The molecular weight excluding hydrogens is 446 g/mol. The Morgan fingerprint density at radius 2 is 1.85 bits per heavy atom. The van der Waals surface area contributed by atoms with E-state index in [2.05, 4.69) is 15.1 Å². The maximum Gasteiger partial charge on any atom is 0.339 e. The van der Waals surface area contributed by atoms with Gasteiger partial charge in [0.05, 0.1) is 5.56 Å². The average molecular weight is 465 g/mol. The highest BCUT2D eigenvalue weighted by Gasteiger charge is 2.20. The van der Waals surface area contributed by atoms with Crippen molar-refractivity contribution in [2.45, 2.75) is 25.3 Å². The lowest BCUT2D eigenvalue weighted by atomic mass is 10.2. The minimum Gasteiger partial charge on any atom is -0.452 e. The van der Waals surface area contributed by atoms with Crippen LogP contribution in [0.25, 0.3) is 11.4 Å². The van der Waals surface area contributed by atoms with Gasteiger partial charge in [-0.2, -0.15) is 13.4 Å². The van der Waals surface area contributed by atoms with Gasteiger partial charge in [-0.3, -0.25) is 4.98 Å². The molecule has 0 aliphatic heterocycles. The molecule has 33 heavy (non-hydrogen) atoms. The van der Waals surface area contributed by atoms with Gasteiger partial charge in [-0.15, -0.1) is 0 Å². The van der Waals surface area contributed by atoms with Crippen LogP contribution in [0.5, 0.6) is 5.75 Å². The van der Waals surface area contributed by atoms with E-state index in [0.717, 1.165) is 5.56 Å². The first-order valence-electron chi connectivity index (χ1n) is 9.84. The lowest BCUT2D eigenvalue weighted by Crippen LogP contribution is -2.12. The van der Waals surface area contributed by atoms with Gasteiger partial charge in [0.1, 0.15) is 10.6 Å². The molecule has 0 aliphatic carbocycles. The summed E-state index contributed by atoms with van der Waals surface area (Å²) in [5.41, 5.74) is 2.26. The quantitative estimate of drug-likeness (QED) is 0.296. The van der Waals surface area contributed by atoms with Crippen LogP contribution in [0.2, 0.25) is 0 Å². The number of pyridine rings is 1. The highest BCUT2D eigenvalue weighted by atomic mass is 32.2. The SMILES string of the molecule is Cc1ccc(C)c(S(=O)(=O)Oc2ccc(C(=O)OCc3nc(-c4cccnc4)no3)cc2)c1. The zero-order valence-corrected chi connectivity index (χ0v) is 18.6. The van der Waals surface area contributed by atoms with Crippen LogP contribution < -0.4 is 4.18 Å². The Balaban J connectivity index is 1.38. The number of hydrogen-bond acceptors (Lipinski definition) is 9. The van der Waals surface area contributed by atoms with E-state index >= 15 is 0 Å². The molecule has 0 saturated carbocycles. The minimum absolute atomic E-state index is 0.0745. The topological polar surface area (TPSA) is 121 Å². The number of ether oxygens (including phenoxy) is 1. The second-order valence-electron chi connectivity index (χ2n) is 7.16. The Kier molecular flexibility index (Phi) is 6.18. The Morgan fingerprint density at radius 3 is 2.58 bits per heavy atom. The van der Waals surface area contributed by atoms with Gasteiger partial charge in [-0.05, 0) is 67.4 Å². The molecule has 0 radical (unpaired) electrons. The Bertz CT molecular complexity index is 1380. The van der Waals surface area contributed by atoms with Crippen molar-refractivity contribution in [1.29, 1.82) is 0 Å². The van der Waals surface area contributed by atoms with Crippen LogP contribution in [-0.2, 0) is 21.5 Å². The van der Waals surface area contributed by atoms with Crippen LogP contribution in [0.15, 0.2) is 76.4 Å². The van der Waals surface area contributed by atoms with Crippen LogP contribution in [0.1, 0.15) is 27.4 Å². The van der Waals surface area contributed by atoms with Crippen LogP contribution in [0.3, 0.4) is 0 Å². The fraction of sp³-hybridized carbons (Fsp3) is 0.130.